The standard InChI is InChI=1S/C14H16BrNO2/c1-11-2-3-13(15)8-14(11)18-7-5-16-9-12-4-6-17-10-12/h2-4,6,8,10,16H,5,7,9H2,1H3. The molecule has 0 bridgehead atoms. The summed E-state index contributed by atoms with van der Waals surface area (Å²) in [6.45, 7) is 4.30. The molecule has 0 aliphatic carbocycles. The van der Waals surface area contributed by atoms with Crippen molar-refractivity contribution in [3.63, 3.8) is 0 Å². The Morgan fingerprint density at radius 2 is 2.22 bits per heavy atom. The van der Waals surface area contributed by atoms with Crippen molar-refractivity contribution in [2.24, 2.45) is 0 Å². The normalized spacial score (nSPS) is 10.6. The molecule has 4 heteroatoms. The number of hydrogen-bond donors (Lipinski definition) is 1. The van der Waals surface area contributed by atoms with Crippen LogP contribution in [0.15, 0.2) is 45.7 Å². The summed E-state index contributed by atoms with van der Waals surface area (Å²) in [6.07, 6.45) is 3.42. The summed E-state index contributed by atoms with van der Waals surface area (Å²) in [7, 11) is 0. The lowest BCUT2D eigenvalue weighted by Gasteiger charge is -2.09. The second-order valence-electron chi connectivity index (χ2n) is 4.07. The summed E-state index contributed by atoms with van der Waals surface area (Å²) in [6, 6.07) is 8.00. The van der Waals surface area contributed by atoms with Gasteiger partial charge in [-0.05, 0) is 30.7 Å². The number of furan rings is 1. The molecular formula is C14H16BrNO2. The molecule has 0 aliphatic heterocycles. The smallest absolute Gasteiger partial charge is 0.123 e. The van der Waals surface area contributed by atoms with Gasteiger partial charge >= 0.3 is 0 Å². The molecule has 0 saturated carbocycles. The second-order valence-corrected chi connectivity index (χ2v) is 4.98. The van der Waals surface area contributed by atoms with E-state index in [2.05, 4.69) is 21.2 Å². The lowest BCUT2D eigenvalue weighted by Crippen LogP contribution is -2.20. The first-order valence-electron chi connectivity index (χ1n) is 5.86. The summed E-state index contributed by atoms with van der Waals surface area (Å²) in [5.74, 6) is 0.925. The molecule has 0 unspecified atom stereocenters. The fraction of sp³-hybridized carbons (Fsp3) is 0.286. The maximum Gasteiger partial charge on any atom is 0.123 e. The Balaban J connectivity index is 1.70. The fourth-order valence-corrected chi connectivity index (χ4v) is 1.93. The maximum atomic E-state index is 5.72. The van der Waals surface area contributed by atoms with Crippen LogP contribution in [-0.2, 0) is 6.54 Å². The third kappa shape index (κ3) is 3.89. The quantitative estimate of drug-likeness (QED) is 0.829. The van der Waals surface area contributed by atoms with Crippen molar-refractivity contribution in [1.29, 1.82) is 0 Å². The van der Waals surface area contributed by atoms with Crippen molar-refractivity contribution in [3.05, 3.63) is 52.4 Å². The Kier molecular flexibility index (Phi) is 4.84. The maximum absolute atomic E-state index is 5.72. The molecule has 18 heavy (non-hydrogen) atoms. The summed E-state index contributed by atoms with van der Waals surface area (Å²) in [5.41, 5.74) is 2.29. The van der Waals surface area contributed by atoms with Gasteiger partial charge in [-0.1, -0.05) is 22.0 Å². The van der Waals surface area contributed by atoms with Crippen LogP contribution in [0.4, 0.5) is 0 Å². The van der Waals surface area contributed by atoms with Gasteiger partial charge in [0.1, 0.15) is 12.4 Å². The number of benzene rings is 1. The topological polar surface area (TPSA) is 34.4 Å². The van der Waals surface area contributed by atoms with Crippen molar-refractivity contribution in [2.45, 2.75) is 13.5 Å². The highest BCUT2D eigenvalue weighted by Crippen LogP contribution is 2.22. The van der Waals surface area contributed by atoms with Gasteiger partial charge in [0.2, 0.25) is 0 Å². The molecule has 1 N–H and O–H groups in total. The predicted octanol–water partition coefficient (Wildman–Crippen LogP) is 3.52. The molecule has 0 amide bonds. The Morgan fingerprint density at radius 1 is 1.33 bits per heavy atom. The molecule has 3 nitrogen and oxygen atoms in total. The van der Waals surface area contributed by atoms with E-state index in [0.717, 1.165) is 34.4 Å². The molecule has 0 fully saturated rings. The van der Waals surface area contributed by atoms with E-state index in [1.807, 2.05) is 31.2 Å². The first-order valence-corrected chi connectivity index (χ1v) is 6.66. The number of halogens is 1. The van der Waals surface area contributed by atoms with Gasteiger partial charge in [0.05, 0.1) is 12.5 Å². The molecule has 96 valence electrons. The van der Waals surface area contributed by atoms with Gasteiger partial charge in [-0.15, -0.1) is 0 Å². The highest BCUT2D eigenvalue weighted by atomic mass is 79.9. The van der Waals surface area contributed by atoms with Crippen LogP contribution in [0.25, 0.3) is 0 Å². The van der Waals surface area contributed by atoms with Crippen LogP contribution in [0.3, 0.4) is 0 Å². The summed E-state index contributed by atoms with van der Waals surface area (Å²) in [4.78, 5) is 0. The first kappa shape index (κ1) is 13.2. The average Bonchev–Trinajstić information content (AvgIpc) is 2.86. The van der Waals surface area contributed by atoms with Gasteiger partial charge in [-0.2, -0.15) is 0 Å². The van der Waals surface area contributed by atoms with Crippen LogP contribution in [0.5, 0.6) is 5.75 Å². The Labute approximate surface area is 115 Å². The van der Waals surface area contributed by atoms with Crippen molar-refractivity contribution in [1.82, 2.24) is 5.32 Å². The van der Waals surface area contributed by atoms with Gasteiger partial charge < -0.3 is 14.5 Å². The molecule has 1 aromatic heterocycles. The monoisotopic (exact) mass is 309 g/mol. The van der Waals surface area contributed by atoms with Crippen LogP contribution >= 0.6 is 15.9 Å². The highest BCUT2D eigenvalue weighted by Gasteiger charge is 2.00. The minimum Gasteiger partial charge on any atom is -0.492 e. The molecule has 2 aromatic rings. The zero-order valence-electron chi connectivity index (χ0n) is 10.3. The minimum atomic E-state index is 0.648. The third-order valence-electron chi connectivity index (χ3n) is 2.60. The molecular weight excluding hydrogens is 294 g/mol. The largest absolute Gasteiger partial charge is 0.492 e. The number of hydrogen-bond acceptors (Lipinski definition) is 3. The van der Waals surface area contributed by atoms with E-state index >= 15 is 0 Å². The molecule has 0 aliphatic rings. The van der Waals surface area contributed by atoms with Crippen LogP contribution in [-0.4, -0.2) is 13.2 Å². The second kappa shape index (κ2) is 6.61. The highest BCUT2D eigenvalue weighted by molar-refractivity contribution is 9.10. The summed E-state index contributed by atoms with van der Waals surface area (Å²) >= 11 is 3.44. The van der Waals surface area contributed by atoms with E-state index in [1.54, 1.807) is 12.5 Å². The Hall–Kier alpha value is -1.26. The SMILES string of the molecule is Cc1ccc(Br)cc1OCCNCc1ccoc1. The molecule has 1 heterocycles. The van der Waals surface area contributed by atoms with Gasteiger partial charge in [-0.25, -0.2) is 0 Å². The summed E-state index contributed by atoms with van der Waals surface area (Å²) in [5, 5.41) is 3.30. The van der Waals surface area contributed by atoms with Gasteiger partial charge in [-0.3, -0.25) is 0 Å². The third-order valence-corrected chi connectivity index (χ3v) is 3.09. The van der Waals surface area contributed by atoms with Crippen molar-refractivity contribution >= 4 is 15.9 Å². The van der Waals surface area contributed by atoms with Crippen molar-refractivity contribution < 1.29 is 9.15 Å². The van der Waals surface area contributed by atoms with Crippen LogP contribution < -0.4 is 10.1 Å². The van der Waals surface area contributed by atoms with E-state index in [9.17, 15) is 0 Å². The van der Waals surface area contributed by atoms with Crippen LogP contribution in [0.1, 0.15) is 11.1 Å². The number of nitrogens with one attached hydrogen (secondary N) is 1. The minimum absolute atomic E-state index is 0.648. The van der Waals surface area contributed by atoms with Gasteiger partial charge in [0.25, 0.3) is 0 Å². The van der Waals surface area contributed by atoms with Crippen molar-refractivity contribution in [2.75, 3.05) is 13.2 Å². The number of rotatable bonds is 6. The predicted molar refractivity (Wildman–Crippen MR) is 74.8 cm³/mol. The molecule has 0 atom stereocenters. The van der Waals surface area contributed by atoms with Crippen molar-refractivity contribution in [3.8, 4) is 5.75 Å². The Morgan fingerprint density at radius 3 is 3.00 bits per heavy atom. The zero-order chi connectivity index (χ0) is 12.8. The lowest BCUT2D eigenvalue weighted by molar-refractivity contribution is 0.311. The molecule has 0 saturated heterocycles. The lowest BCUT2D eigenvalue weighted by atomic mass is 10.2. The summed E-state index contributed by atoms with van der Waals surface area (Å²) < 4.78 is 11.8. The Bertz CT molecular complexity index is 483. The first-order chi connectivity index (χ1) is 8.75. The van der Waals surface area contributed by atoms with E-state index in [4.69, 9.17) is 9.15 Å². The van der Waals surface area contributed by atoms with E-state index in [1.165, 1.54) is 0 Å². The van der Waals surface area contributed by atoms with Crippen LogP contribution in [0.2, 0.25) is 0 Å². The fourth-order valence-electron chi connectivity index (χ4n) is 1.59. The molecule has 2 rings (SSSR count). The van der Waals surface area contributed by atoms with Gasteiger partial charge in [0.15, 0.2) is 0 Å². The number of aryl methyl sites for hydroxylation is 1. The van der Waals surface area contributed by atoms with Crippen LogP contribution in [0, 0.1) is 6.92 Å². The van der Waals surface area contributed by atoms with E-state index in [-0.39, 0.29) is 0 Å². The number of ether oxygens (including phenoxy) is 1. The zero-order valence-corrected chi connectivity index (χ0v) is 11.9. The molecule has 0 radical (unpaired) electrons. The molecule has 1 aromatic carbocycles. The van der Waals surface area contributed by atoms with E-state index < -0.39 is 0 Å². The van der Waals surface area contributed by atoms with E-state index in [0.29, 0.717) is 6.61 Å². The average molecular weight is 310 g/mol. The molecule has 0 spiro atoms. The van der Waals surface area contributed by atoms with Gasteiger partial charge in [0, 0.05) is 23.1 Å².